The van der Waals surface area contributed by atoms with E-state index in [2.05, 4.69) is 40.5 Å². The van der Waals surface area contributed by atoms with Crippen molar-refractivity contribution in [2.24, 2.45) is 20.3 Å². The Morgan fingerprint density at radius 1 is 1.26 bits per heavy atom. The molecule has 0 saturated carbocycles. The number of rotatable bonds is 13. The summed E-state index contributed by atoms with van der Waals surface area (Å²) >= 11 is 5.97. The van der Waals surface area contributed by atoms with Gasteiger partial charge in [-0.1, -0.05) is 36.8 Å². The molecule has 5 nitrogen and oxygen atoms in total. The van der Waals surface area contributed by atoms with E-state index in [9.17, 15) is 8.78 Å². The van der Waals surface area contributed by atoms with Crippen molar-refractivity contribution in [3.8, 4) is 0 Å². The van der Waals surface area contributed by atoms with E-state index in [1.54, 1.807) is 24.6 Å². The van der Waals surface area contributed by atoms with E-state index < -0.39 is 6.43 Å². The van der Waals surface area contributed by atoms with E-state index in [-0.39, 0.29) is 12.1 Å². The summed E-state index contributed by atoms with van der Waals surface area (Å²) in [7, 11) is 0. The number of allylic oxidation sites excluding steroid dienone is 4. The zero-order valence-electron chi connectivity index (χ0n) is 16.2. The fraction of sp³-hybridized carbons (Fsp3) is 0.474. The Kier molecular flexibility index (Phi) is 13.8. The van der Waals surface area contributed by atoms with Crippen molar-refractivity contribution in [2.45, 2.75) is 46.5 Å². The third kappa shape index (κ3) is 12.8. The first-order valence-electron chi connectivity index (χ1n) is 8.60. The highest BCUT2D eigenvalue weighted by molar-refractivity contribution is 6.39. The number of halogens is 3. The summed E-state index contributed by atoms with van der Waals surface area (Å²) in [6.07, 6.45) is 5.33. The normalized spacial score (nSPS) is 14.2. The molecule has 0 aliphatic heterocycles. The van der Waals surface area contributed by atoms with Crippen LogP contribution in [-0.4, -0.2) is 48.9 Å². The van der Waals surface area contributed by atoms with E-state index in [0.29, 0.717) is 18.0 Å². The molecule has 0 radical (unpaired) electrons. The van der Waals surface area contributed by atoms with Gasteiger partial charge in [0.15, 0.2) is 0 Å². The van der Waals surface area contributed by atoms with Crippen molar-refractivity contribution in [3.63, 3.8) is 0 Å². The zero-order valence-corrected chi connectivity index (χ0v) is 17.0. The van der Waals surface area contributed by atoms with Gasteiger partial charge in [0, 0.05) is 25.2 Å². The van der Waals surface area contributed by atoms with Gasteiger partial charge < -0.3 is 0 Å². The van der Waals surface area contributed by atoms with Crippen LogP contribution < -0.4 is 0 Å². The summed E-state index contributed by atoms with van der Waals surface area (Å²) in [6.45, 7) is 13.8. The predicted molar refractivity (Wildman–Crippen MR) is 114 cm³/mol. The van der Waals surface area contributed by atoms with Crippen molar-refractivity contribution < 1.29 is 8.78 Å². The molecule has 150 valence electrons. The van der Waals surface area contributed by atoms with E-state index >= 15 is 0 Å². The molecule has 0 fully saturated rings. The first kappa shape index (κ1) is 24.8. The van der Waals surface area contributed by atoms with Crippen molar-refractivity contribution in [1.29, 1.82) is 0 Å². The van der Waals surface area contributed by atoms with Gasteiger partial charge in [-0.3, -0.25) is 10.0 Å². The zero-order chi connectivity index (χ0) is 20.7. The topological polar surface area (TPSA) is 52.7 Å². The minimum atomic E-state index is -2.63. The molecular weight excluding hydrogens is 372 g/mol. The summed E-state index contributed by atoms with van der Waals surface area (Å²) < 4.78 is 25.5. The lowest BCUT2D eigenvalue weighted by molar-refractivity contribution is 0.222. The van der Waals surface area contributed by atoms with Gasteiger partial charge in [0.1, 0.15) is 5.71 Å². The molecule has 0 aromatic rings. The van der Waals surface area contributed by atoms with Gasteiger partial charge in [-0.25, -0.2) is 8.78 Å². The lowest BCUT2D eigenvalue weighted by Crippen LogP contribution is -2.24. The molecule has 0 rings (SSSR count). The molecule has 0 aromatic heterocycles. The monoisotopic (exact) mass is 399 g/mol. The standard InChI is InChI=1S/C19H28ClF2N5/c1-6-8-17(20)13-25-27(11-7-2)14-16(4)24-12-15(3)9-10-18(19(21)22)26-23-5/h6,8,12-13,19H,1,5,7,9-11,14H2,2-4H3/b15-12+,17-8+,24-16?,25-13-,26-18+. The lowest BCUT2D eigenvalue weighted by atomic mass is 10.1. The molecule has 0 N–H and O–H groups in total. The Hall–Kier alpha value is -2.15. The van der Waals surface area contributed by atoms with Crippen LogP contribution in [0.5, 0.6) is 0 Å². The van der Waals surface area contributed by atoms with E-state index in [1.807, 2.05) is 18.9 Å². The highest BCUT2D eigenvalue weighted by Crippen LogP contribution is 2.10. The molecule has 0 saturated heterocycles. The van der Waals surface area contributed by atoms with Gasteiger partial charge in [0.2, 0.25) is 0 Å². The third-order valence-electron chi connectivity index (χ3n) is 3.25. The van der Waals surface area contributed by atoms with Gasteiger partial charge in [-0.15, -0.1) is 0 Å². The van der Waals surface area contributed by atoms with Crippen LogP contribution >= 0.6 is 11.6 Å². The highest BCUT2D eigenvalue weighted by atomic mass is 35.5. The number of hydrazone groups is 1. The van der Waals surface area contributed by atoms with E-state index in [1.165, 1.54) is 0 Å². The Morgan fingerprint density at radius 2 is 1.96 bits per heavy atom. The van der Waals surface area contributed by atoms with E-state index in [0.717, 1.165) is 24.3 Å². The second kappa shape index (κ2) is 15.0. The predicted octanol–water partition coefficient (Wildman–Crippen LogP) is 5.46. The fourth-order valence-corrected chi connectivity index (χ4v) is 2.07. The van der Waals surface area contributed by atoms with Gasteiger partial charge in [0.25, 0.3) is 6.43 Å². The van der Waals surface area contributed by atoms with Crippen LogP contribution in [0.15, 0.2) is 55.8 Å². The number of hydrogen-bond donors (Lipinski definition) is 0. The first-order valence-corrected chi connectivity index (χ1v) is 8.98. The first-order chi connectivity index (χ1) is 12.8. The maximum absolute atomic E-state index is 12.7. The van der Waals surface area contributed by atoms with Crippen LogP contribution in [0.25, 0.3) is 0 Å². The summed E-state index contributed by atoms with van der Waals surface area (Å²) in [6, 6.07) is 0. The van der Waals surface area contributed by atoms with Crippen molar-refractivity contribution in [3.05, 3.63) is 35.5 Å². The number of nitrogens with zero attached hydrogens (tertiary/aromatic N) is 5. The molecule has 0 unspecified atom stereocenters. The second-order valence-electron chi connectivity index (χ2n) is 5.79. The quantitative estimate of drug-likeness (QED) is 0.230. The van der Waals surface area contributed by atoms with Gasteiger partial charge >= 0.3 is 0 Å². The van der Waals surface area contributed by atoms with E-state index in [4.69, 9.17) is 11.6 Å². The van der Waals surface area contributed by atoms with Gasteiger partial charge in [0.05, 0.1) is 17.8 Å². The van der Waals surface area contributed by atoms with Gasteiger partial charge in [-0.2, -0.15) is 15.3 Å². The minimum absolute atomic E-state index is 0.119. The van der Waals surface area contributed by atoms with Crippen LogP contribution in [0.4, 0.5) is 8.78 Å². The second-order valence-corrected chi connectivity index (χ2v) is 6.23. The Labute approximate surface area is 165 Å². The maximum atomic E-state index is 12.7. The summed E-state index contributed by atoms with van der Waals surface area (Å²) in [4.78, 5) is 4.39. The van der Waals surface area contributed by atoms with Crippen LogP contribution in [0.3, 0.4) is 0 Å². The number of aliphatic imine (C=N–C) groups is 1. The lowest BCUT2D eigenvalue weighted by Gasteiger charge is -2.17. The number of hydrogen-bond acceptors (Lipinski definition) is 5. The van der Waals surface area contributed by atoms with Crippen LogP contribution in [-0.2, 0) is 0 Å². The molecule has 27 heavy (non-hydrogen) atoms. The molecule has 0 aliphatic carbocycles. The van der Waals surface area contributed by atoms with Crippen molar-refractivity contribution in [1.82, 2.24) is 5.01 Å². The molecular formula is C19H28ClF2N5. The summed E-state index contributed by atoms with van der Waals surface area (Å²) in [5.41, 5.74) is 1.44. The third-order valence-corrected chi connectivity index (χ3v) is 3.47. The fourth-order valence-electron chi connectivity index (χ4n) is 1.94. The molecule has 0 spiro atoms. The van der Waals surface area contributed by atoms with Crippen molar-refractivity contribution in [2.75, 3.05) is 13.1 Å². The smallest absolute Gasteiger partial charge is 0.278 e. The Balaban J connectivity index is 4.85. The largest absolute Gasteiger partial charge is 0.291 e. The SMILES string of the molecule is C=C/C=C(Cl)\C=N/N(CCC)CC(C)=N/C=C(\C)CC/C(=N\N=C)C(F)F. The van der Waals surface area contributed by atoms with Crippen molar-refractivity contribution >= 4 is 36.0 Å². The average molecular weight is 400 g/mol. The van der Waals surface area contributed by atoms with Crippen LogP contribution in [0, 0.1) is 0 Å². The van der Waals surface area contributed by atoms with Crippen LogP contribution in [0.1, 0.15) is 40.0 Å². The molecule has 0 aromatic carbocycles. The molecule has 0 atom stereocenters. The molecule has 0 heterocycles. The summed E-state index contributed by atoms with van der Waals surface area (Å²) in [5, 5.41) is 13.2. The Morgan fingerprint density at radius 3 is 2.52 bits per heavy atom. The maximum Gasteiger partial charge on any atom is 0.278 e. The Bertz CT molecular complexity index is 622. The summed E-state index contributed by atoms with van der Waals surface area (Å²) in [5.74, 6) is 0. The molecule has 0 bridgehead atoms. The molecule has 0 amide bonds. The average Bonchev–Trinajstić information content (AvgIpc) is 2.61. The van der Waals surface area contributed by atoms with Gasteiger partial charge in [-0.05, 0) is 39.2 Å². The number of alkyl halides is 2. The highest BCUT2D eigenvalue weighted by Gasteiger charge is 2.12. The molecule has 8 heteroatoms. The molecule has 0 aliphatic rings. The van der Waals surface area contributed by atoms with Crippen LogP contribution in [0.2, 0.25) is 0 Å². The minimum Gasteiger partial charge on any atom is -0.291 e.